The minimum absolute atomic E-state index is 1.24. The smallest absolute Gasteiger partial charge is 0.00201 e. The molecule has 14 aromatic carbocycles. The van der Waals surface area contributed by atoms with Crippen molar-refractivity contribution in [1.29, 1.82) is 0 Å². The summed E-state index contributed by atoms with van der Waals surface area (Å²) in [6.45, 7) is 0. The van der Waals surface area contributed by atoms with Crippen molar-refractivity contribution in [3.63, 3.8) is 0 Å². The van der Waals surface area contributed by atoms with Crippen molar-refractivity contribution in [1.82, 2.24) is 0 Å². The van der Waals surface area contributed by atoms with Gasteiger partial charge in [-0.05, 0) is 118 Å². The molecule has 14 rings (SSSR count). The van der Waals surface area contributed by atoms with E-state index in [1.807, 2.05) is 0 Å². The van der Waals surface area contributed by atoms with E-state index in [4.69, 9.17) is 0 Å². The van der Waals surface area contributed by atoms with Crippen LogP contribution in [-0.4, -0.2) is 0 Å². The van der Waals surface area contributed by atoms with Crippen molar-refractivity contribution in [2.24, 2.45) is 0 Å². The van der Waals surface area contributed by atoms with Gasteiger partial charge in [-0.1, -0.05) is 206 Å². The minimum Gasteiger partial charge on any atom is -0.0616 e. The van der Waals surface area contributed by atoms with E-state index in [-0.39, 0.29) is 0 Å². The van der Waals surface area contributed by atoms with Crippen LogP contribution in [0.25, 0.3) is 118 Å². The molecule has 0 heteroatoms. The Morgan fingerprint density at radius 2 is 0.214 bits per heavy atom. The molecule has 0 aliphatic rings. The van der Waals surface area contributed by atoms with Crippen molar-refractivity contribution in [3.05, 3.63) is 206 Å². The van der Waals surface area contributed by atoms with Crippen molar-refractivity contribution < 1.29 is 0 Å². The molecule has 0 fully saturated rings. The summed E-state index contributed by atoms with van der Waals surface area (Å²) in [5.41, 5.74) is 0. The summed E-state index contributed by atoms with van der Waals surface area (Å²) in [6.07, 6.45) is 0. The topological polar surface area (TPSA) is 0 Å². The fourth-order valence-electron chi connectivity index (χ4n) is 9.98. The van der Waals surface area contributed by atoms with Crippen LogP contribution in [0.3, 0.4) is 0 Å². The molecule has 0 aliphatic heterocycles. The normalized spacial score (nSPS) is 11.9. The van der Waals surface area contributed by atoms with Crippen LogP contribution < -0.4 is 0 Å². The monoisotopic (exact) mass is 706 g/mol. The van der Waals surface area contributed by atoms with Crippen molar-refractivity contribution in [3.8, 4) is 0 Å². The fourth-order valence-corrected chi connectivity index (χ4v) is 9.98. The van der Waals surface area contributed by atoms with E-state index in [1.54, 1.807) is 0 Å². The summed E-state index contributed by atoms with van der Waals surface area (Å²) >= 11 is 0. The lowest BCUT2D eigenvalue weighted by atomic mass is 9.87. The standard InChI is InChI=1S/C56H34/c1-2-18-36-35(17-1)39-33-34-40(36)38-20-4-6-22-42(38)54-45-25-9-13-29-49(45)56(50-30-14-10-26-46(50)54)52-32-16-15-31-51(52)55-47-27-11-7-23-43(47)53(41-21-5-3-19-37(39)41)44-24-8-12-28-48(44)55/h1-34H. The van der Waals surface area contributed by atoms with Gasteiger partial charge in [0.15, 0.2) is 0 Å². The Hall–Kier alpha value is -7.28. The second-order valence-electron chi connectivity index (χ2n) is 15.0. The first-order chi connectivity index (χ1) is 27.8. The Morgan fingerprint density at radius 1 is 0.107 bits per heavy atom. The number of hydrogen-bond donors (Lipinski definition) is 0. The zero-order valence-electron chi connectivity index (χ0n) is 30.6. The van der Waals surface area contributed by atoms with Crippen LogP contribution in [0.5, 0.6) is 0 Å². The summed E-state index contributed by atoms with van der Waals surface area (Å²) in [5, 5.41) is 27.5. The maximum atomic E-state index is 2.37. The van der Waals surface area contributed by atoms with E-state index in [0.29, 0.717) is 0 Å². The molecule has 14 aromatic rings. The molecule has 0 heterocycles. The predicted molar refractivity (Wildman–Crippen MR) is 245 cm³/mol. The van der Waals surface area contributed by atoms with Gasteiger partial charge >= 0.3 is 0 Å². The third-order valence-electron chi connectivity index (χ3n) is 12.2. The molecule has 0 nitrogen and oxygen atoms in total. The van der Waals surface area contributed by atoms with E-state index >= 15 is 0 Å². The quantitative estimate of drug-likeness (QED) is 0.138. The van der Waals surface area contributed by atoms with Gasteiger partial charge in [0, 0.05) is 0 Å². The molecule has 0 saturated carbocycles. The number of benzene rings is 11. The molecule has 56 heavy (non-hydrogen) atoms. The van der Waals surface area contributed by atoms with Gasteiger partial charge in [-0.2, -0.15) is 0 Å². The van der Waals surface area contributed by atoms with Crippen LogP contribution >= 0.6 is 0 Å². The first-order valence-electron chi connectivity index (χ1n) is 19.5. The highest BCUT2D eigenvalue weighted by Crippen LogP contribution is 2.45. The van der Waals surface area contributed by atoms with Gasteiger partial charge in [-0.25, -0.2) is 0 Å². The fraction of sp³-hybridized carbons (Fsp3) is 0. The van der Waals surface area contributed by atoms with E-state index in [2.05, 4.69) is 206 Å². The van der Waals surface area contributed by atoms with Crippen molar-refractivity contribution >= 4 is 118 Å². The Labute approximate surface area is 323 Å². The van der Waals surface area contributed by atoms with Gasteiger partial charge < -0.3 is 0 Å². The second-order valence-corrected chi connectivity index (χ2v) is 15.0. The molecular weight excluding hydrogens is 673 g/mol. The highest BCUT2D eigenvalue weighted by Gasteiger charge is 2.16. The van der Waals surface area contributed by atoms with Gasteiger partial charge in [0.2, 0.25) is 0 Å². The van der Waals surface area contributed by atoms with E-state index in [9.17, 15) is 0 Å². The maximum Gasteiger partial charge on any atom is -0.00201 e. The molecule has 0 radical (unpaired) electrons. The average Bonchev–Trinajstić information content (AvgIpc) is 3.27. The van der Waals surface area contributed by atoms with Crippen LogP contribution in [0.1, 0.15) is 0 Å². The van der Waals surface area contributed by atoms with E-state index in [0.717, 1.165) is 0 Å². The third-order valence-corrected chi connectivity index (χ3v) is 12.2. The zero-order valence-corrected chi connectivity index (χ0v) is 30.6. The molecule has 0 amide bonds. The average molecular weight is 707 g/mol. The van der Waals surface area contributed by atoms with Gasteiger partial charge in [0.05, 0.1) is 0 Å². The lowest BCUT2D eigenvalue weighted by Gasteiger charge is -2.15. The van der Waals surface area contributed by atoms with Gasteiger partial charge in [0.25, 0.3) is 0 Å². The lowest BCUT2D eigenvalue weighted by molar-refractivity contribution is 1.78. The van der Waals surface area contributed by atoms with E-state index < -0.39 is 0 Å². The highest BCUT2D eigenvalue weighted by molar-refractivity contribution is 6.40. The zero-order chi connectivity index (χ0) is 36.7. The van der Waals surface area contributed by atoms with Gasteiger partial charge in [-0.15, -0.1) is 0 Å². The van der Waals surface area contributed by atoms with Crippen LogP contribution in [-0.2, 0) is 0 Å². The number of rotatable bonds is 0. The SMILES string of the molecule is c1ccc2c(c1)c1ccc2c2ccccc2c2c3ccccc3c(c3ccccc32)c2ccccc2c2c3ccccc3c(c3ccccc13)c1ccccc12. The molecule has 0 saturated heterocycles. The molecule has 0 unspecified atom stereocenters. The van der Waals surface area contributed by atoms with Crippen LogP contribution in [0, 0.1) is 0 Å². The van der Waals surface area contributed by atoms with Crippen LogP contribution in [0.2, 0.25) is 0 Å². The van der Waals surface area contributed by atoms with Crippen LogP contribution in [0.15, 0.2) is 206 Å². The third kappa shape index (κ3) is 4.36. The molecule has 0 aliphatic carbocycles. The molecule has 6 bridgehead atoms. The minimum atomic E-state index is 1.24. The van der Waals surface area contributed by atoms with Gasteiger partial charge in [-0.3, -0.25) is 0 Å². The Bertz CT molecular complexity index is 3390. The first kappa shape index (κ1) is 31.1. The first-order valence-corrected chi connectivity index (χ1v) is 19.5. The maximum absolute atomic E-state index is 2.37. The highest BCUT2D eigenvalue weighted by atomic mass is 14.2. The Balaban J connectivity index is 1.55. The molecule has 0 atom stereocenters. The van der Waals surface area contributed by atoms with Crippen molar-refractivity contribution in [2.45, 2.75) is 0 Å². The predicted octanol–water partition coefficient (Wildman–Crippen LogP) is 16.1. The van der Waals surface area contributed by atoms with E-state index in [1.165, 1.54) is 118 Å². The lowest BCUT2D eigenvalue weighted by Crippen LogP contribution is -1.87. The summed E-state index contributed by atoms with van der Waals surface area (Å²) < 4.78 is 0. The summed E-state index contributed by atoms with van der Waals surface area (Å²) in [4.78, 5) is 0. The molecule has 0 spiro atoms. The molecule has 258 valence electrons. The van der Waals surface area contributed by atoms with Crippen LogP contribution in [0.4, 0.5) is 0 Å². The summed E-state index contributed by atoms with van der Waals surface area (Å²) in [6, 6.07) is 77.1. The Kier molecular flexibility index (Phi) is 6.73. The molecule has 0 N–H and O–H groups in total. The second kappa shape index (κ2) is 12.1. The Morgan fingerprint density at radius 3 is 0.393 bits per heavy atom. The largest absolute Gasteiger partial charge is 0.0616 e. The van der Waals surface area contributed by atoms with Gasteiger partial charge in [0.1, 0.15) is 0 Å². The molecule has 0 aromatic heterocycles. The van der Waals surface area contributed by atoms with Crippen molar-refractivity contribution in [2.75, 3.05) is 0 Å². The summed E-state index contributed by atoms with van der Waals surface area (Å²) in [5.74, 6) is 0. The number of hydrogen-bond acceptors (Lipinski definition) is 0. The summed E-state index contributed by atoms with van der Waals surface area (Å²) in [7, 11) is 0. The molecular formula is C56H34.